The zero-order valence-corrected chi connectivity index (χ0v) is 14.1. The van der Waals surface area contributed by atoms with Crippen molar-refractivity contribution < 1.29 is 26.7 Å². The summed E-state index contributed by atoms with van der Waals surface area (Å²) in [6, 6.07) is 0. The van der Waals surface area contributed by atoms with Gasteiger partial charge in [0, 0.05) is 6.54 Å². The molecular formula is C14H13F5N4OS. The van der Waals surface area contributed by atoms with Crippen LogP contribution in [0.15, 0.2) is 5.16 Å². The highest BCUT2D eigenvalue weighted by Crippen LogP contribution is 2.29. The van der Waals surface area contributed by atoms with Crippen molar-refractivity contribution in [3.05, 3.63) is 34.9 Å². The summed E-state index contributed by atoms with van der Waals surface area (Å²) in [6.45, 7) is 5.48. The van der Waals surface area contributed by atoms with E-state index in [1.807, 2.05) is 6.92 Å². The minimum Gasteiger partial charge on any atom is -0.320 e. The first-order valence-corrected chi connectivity index (χ1v) is 7.95. The van der Waals surface area contributed by atoms with E-state index in [0.717, 1.165) is 11.8 Å². The number of aromatic nitrogens is 3. The average Bonchev–Trinajstić information content (AvgIpc) is 2.94. The van der Waals surface area contributed by atoms with Gasteiger partial charge >= 0.3 is 0 Å². The summed E-state index contributed by atoms with van der Waals surface area (Å²) in [5, 5.41) is 8.91. The molecule has 0 bridgehead atoms. The number of amides is 1. The number of rotatable bonds is 5. The van der Waals surface area contributed by atoms with E-state index in [2.05, 4.69) is 10.2 Å². The topological polar surface area (TPSA) is 59.8 Å². The summed E-state index contributed by atoms with van der Waals surface area (Å²) in [5.41, 5.74) is -1.39. The summed E-state index contributed by atoms with van der Waals surface area (Å²) in [6.07, 6.45) is 0. The van der Waals surface area contributed by atoms with E-state index in [4.69, 9.17) is 0 Å². The number of nitrogens with one attached hydrogen (secondary N) is 1. The molecule has 0 aliphatic heterocycles. The molecule has 0 saturated carbocycles. The molecular weight excluding hydrogens is 367 g/mol. The highest BCUT2D eigenvalue weighted by atomic mass is 32.2. The zero-order chi connectivity index (χ0) is 18.9. The fourth-order valence-corrected chi connectivity index (χ4v) is 2.92. The molecule has 0 aliphatic rings. The SMILES string of the molecule is CCn1c(C)nnc1S[C@@H](C)C(=O)Nc1c(F)c(F)c(F)c(F)c1F. The van der Waals surface area contributed by atoms with E-state index in [1.165, 1.54) is 6.92 Å². The Kier molecular flexibility index (Phi) is 5.65. The smallest absolute Gasteiger partial charge is 0.237 e. The van der Waals surface area contributed by atoms with E-state index < -0.39 is 45.9 Å². The summed E-state index contributed by atoms with van der Waals surface area (Å²) < 4.78 is 68.2. The number of carbonyl (C=O) groups is 1. The molecule has 11 heteroatoms. The van der Waals surface area contributed by atoms with Gasteiger partial charge < -0.3 is 9.88 Å². The minimum absolute atomic E-state index is 0.389. The average molecular weight is 380 g/mol. The van der Waals surface area contributed by atoms with Crippen molar-refractivity contribution in [2.24, 2.45) is 0 Å². The molecule has 0 radical (unpaired) electrons. The minimum atomic E-state index is -2.29. The van der Waals surface area contributed by atoms with Crippen LogP contribution in [0.2, 0.25) is 0 Å². The third-order valence-corrected chi connectivity index (χ3v) is 4.41. The third kappa shape index (κ3) is 3.60. The molecule has 25 heavy (non-hydrogen) atoms. The molecule has 5 nitrogen and oxygen atoms in total. The van der Waals surface area contributed by atoms with Gasteiger partial charge in [-0.15, -0.1) is 10.2 Å². The van der Waals surface area contributed by atoms with Crippen LogP contribution in [-0.4, -0.2) is 25.9 Å². The van der Waals surface area contributed by atoms with Crippen LogP contribution in [0.3, 0.4) is 0 Å². The van der Waals surface area contributed by atoms with E-state index in [-0.39, 0.29) is 0 Å². The number of hydrogen-bond donors (Lipinski definition) is 1. The van der Waals surface area contributed by atoms with Gasteiger partial charge in [-0.2, -0.15) is 0 Å². The molecule has 1 aromatic carbocycles. The standard InChI is InChI=1S/C14H13F5N4OS/c1-4-23-6(3)21-22-14(23)25-5(2)13(24)20-12-10(18)8(16)7(15)9(17)11(12)19/h5H,4H2,1-3H3,(H,20,24)/t5-/m0/s1. The van der Waals surface area contributed by atoms with Crippen LogP contribution in [0.5, 0.6) is 0 Å². The number of halogens is 5. The fourth-order valence-electron chi connectivity index (χ4n) is 1.96. The summed E-state index contributed by atoms with van der Waals surface area (Å²) >= 11 is 0.937. The normalized spacial score (nSPS) is 12.3. The Morgan fingerprint density at radius 2 is 1.60 bits per heavy atom. The number of anilines is 1. The lowest BCUT2D eigenvalue weighted by Gasteiger charge is -2.14. The summed E-state index contributed by atoms with van der Waals surface area (Å²) in [4.78, 5) is 12.1. The zero-order valence-electron chi connectivity index (χ0n) is 13.3. The van der Waals surface area contributed by atoms with Gasteiger partial charge in [-0.1, -0.05) is 11.8 Å². The second-order valence-corrected chi connectivity index (χ2v) is 6.28. The van der Waals surface area contributed by atoms with Gasteiger partial charge in [-0.05, 0) is 20.8 Å². The Morgan fingerprint density at radius 3 is 2.12 bits per heavy atom. The predicted molar refractivity (Wildman–Crippen MR) is 80.6 cm³/mol. The van der Waals surface area contributed by atoms with Crippen LogP contribution in [0, 0.1) is 36.0 Å². The van der Waals surface area contributed by atoms with E-state index >= 15 is 0 Å². The number of benzene rings is 1. The quantitative estimate of drug-likeness (QED) is 0.374. The Balaban J connectivity index is 2.22. The fraction of sp³-hybridized carbons (Fsp3) is 0.357. The molecule has 0 aliphatic carbocycles. The lowest BCUT2D eigenvalue weighted by Crippen LogP contribution is -2.25. The van der Waals surface area contributed by atoms with Crippen LogP contribution >= 0.6 is 11.8 Å². The van der Waals surface area contributed by atoms with Crippen LogP contribution in [0.25, 0.3) is 0 Å². The van der Waals surface area contributed by atoms with E-state index in [0.29, 0.717) is 17.5 Å². The first kappa shape index (κ1) is 19.2. The summed E-state index contributed by atoms with van der Waals surface area (Å²) in [7, 11) is 0. The number of aryl methyl sites for hydroxylation is 1. The number of thioether (sulfide) groups is 1. The molecule has 2 rings (SSSR count). The van der Waals surface area contributed by atoms with E-state index in [1.54, 1.807) is 16.8 Å². The maximum absolute atomic E-state index is 13.6. The van der Waals surface area contributed by atoms with Gasteiger partial charge in [0.15, 0.2) is 28.4 Å². The van der Waals surface area contributed by atoms with Gasteiger partial charge in [-0.25, -0.2) is 22.0 Å². The van der Waals surface area contributed by atoms with Crippen molar-refractivity contribution in [1.82, 2.24) is 14.8 Å². The van der Waals surface area contributed by atoms with Crippen LogP contribution in [0.1, 0.15) is 19.7 Å². The molecule has 0 spiro atoms. The molecule has 0 saturated heterocycles. The molecule has 136 valence electrons. The van der Waals surface area contributed by atoms with E-state index in [9.17, 15) is 26.7 Å². The molecule has 2 aromatic rings. The first-order valence-electron chi connectivity index (χ1n) is 7.07. The maximum Gasteiger partial charge on any atom is 0.237 e. The molecule has 1 N–H and O–H groups in total. The first-order chi connectivity index (χ1) is 11.7. The lowest BCUT2D eigenvalue weighted by molar-refractivity contribution is -0.115. The largest absolute Gasteiger partial charge is 0.320 e. The predicted octanol–water partition coefficient (Wildman–Crippen LogP) is 3.42. The molecule has 1 aromatic heterocycles. The van der Waals surface area contributed by atoms with Crippen molar-refractivity contribution in [3.63, 3.8) is 0 Å². The second-order valence-electron chi connectivity index (χ2n) is 4.97. The number of carbonyl (C=O) groups excluding carboxylic acids is 1. The molecule has 1 heterocycles. The molecule has 0 fully saturated rings. The number of hydrogen-bond acceptors (Lipinski definition) is 4. The Morgan fingerprint density at radius 1 is 1.08 bits per heavy atom. The third-order valence-electron chi connectivity index (χ3n) is 3.33. The van der Waals surface area contributed by atoms with Crippen molar-refractivity contribution in [1.29, 1.82) is 0 Å². The van der Waals surface area contributed by atoms with Crippen molar-refractivity contribution >= 4 is 23.4 Å². The monoisotopic (exact) mass is 380 g/mol. The van der Waals surface area contributed by atoms with Gasteiger partial charge in [0.25, 0.3) is 0 Å². The number of nitrogens with zero attached hydrogens (tertiary/aromatic N) is 3. The highest BCUT2D eigenvalue weighted by molar-refractivity contribution is 8.00. The highest BCUT2D eigenvalue weighted by Gasteiger charge is 2.28. The second kappa shape index (κ2) is 7.38. The summed E-state index contributed by atoms with van der Waals surface area (Å²) in [5.74, 6) is -11.1. The molecule has 1 atom stereocenters. The van der Waals surface area contributed by atoms with Crippen molar-refractivity contribution in [3.8, 4) is 0 Å². The Bertz CT molecular complexity index is 797. The van der Waals surface area contributed by atoms with Gasteiger partial charge in [0.05, 0.1) is 5.25 Å². The van der Waals surface area contributed by atoms with Crippen molar-refractivity contribution in [2.45, 2.75) is 37.7 Å². The van der Waals surface area contributed by atoms with Crippen LogP contribution < -0.4 is 5.32 Å². The van der Waals surface area contributed by atoms with Crippen LogP contribution in [-0.2, 0) is 11.3 Å². The Hall–Kier alpha value is -2.17. The van der Waals surface area contributed by atoms with Gasteiger partial charge in [0.2, 0.25) is 11.7 Å². The lowest BCUT2D eigenvalue weighted by atomic mass is 10.2. The maximum atomic E-state index is 13.6. The van der Waals surface area contributed by atoms with Gasteiger partial charge in [-0.3, -0.25) is 4.79 Å². The molecule has 0 unspecified atom stereocenters. The van der Waals surface area contributed by atoms with Crippen molar-refractivity contribution in [2.75, 3.05) is 5.32 Å². The Labute approximate surface area is 143 Å². The molecule has 1 amide bonds. The van der Waals surface area contributed by atoms with Crippen LogP contribution in [0.4, 0.5) is 27.6 Å². The van der Waals surface area contributed by atoms with Gasteiger partial charge in [0.1, 0.15) is 11.5 Å².